The summed E-state index contributed by atoms with van der Waals surface area (Å²) in [4.78, 5) is 25.5. The van der Waals surface area contributed by atoms with Crippen LogP contribution in [0.5, 0.6) is 5.75 Å². The summed E-state index contributed by atoms with van der Waals surface area (Å²) in [6.45, 7) is 6.16. The summed E-state index contributed by atoms with van der Waals surface area (Å²) in [7, 11) is 0. The fourth-order valence-electron chi connectivity index (χ4n) is 3.24. The van der Waals surface area contributed by atoms with Crippen molar-refractivity contribution in [2.75, 3.05) is 26.2 Å². The van der Waals surface area contributed by atoms with Gasteiger partial charge in [0.15, 0.2) is 0 Å². The van der Waals surface area contributed by atoms with Crippen LogP contribution in [0.15, 0.2) is 24.3 Å². The number of rotatable bonds is 8. The van der Waals surface area contributed by atoms with Crippen molar-refractivity contribution >= 4 is 11.9 Å². The predicted octanol–water partition coefficient (Wildman–Crippen LogP) is 2.45. The Labute approximate surface area is 149 Å². The van der Waals surface area contributed by atoms with Crippen LogP contribution in [0.1, 0.15) is 44.7 Å². The quantitative estimate of drug-likeness (QED) is 0.754. The molecule has 1 fully saturated rings. The molecule has 1 atom stereocenters. The summed E-state index contributed by atoms with van der Waals surface area (Å²) in [6.07, 6.45) is 1.98. The number of carboxylic acid groups (broad SMARTS) is 1. The van der Waals surface area contributed by atoms with E-state index in [1.54, 1.807) is 0 Å². The maximum Gasteiger partial charge on any atom is 0.306 e. The molecule has 6 heteroatoms. The van der Waals surface area contributed by atoms with E-state index >= 15 is 0 Å². The highest BCUT2D eigenvalue weighted by Crippen LogP contribution is 2.27. The zero-order chi connectivity index (χ0) is 18.2. The second kappa shape index (κ2) is 9.42. The molecule has 1 aromatic carbocycles. The van der Waals surface area contributed by atoms with Gasteiger partial charge in [0.2, 0.25) is 5.91 Å². The lowest BCUT2D eigenvalue weighted by Gasteiger charge is -2.30. The standard InChI is InChI=1S/C19H28N2O4/c1-3-16(15-7-5-6-8-17(15)25-4-2)20-18(22)13-21-11-9-14(10-12-21)19(23)24/h5-8,14,16H,3-4,9-13H2,1-2H3,(H,20,22)(H,23,24). The van der Waals surface area contributed by atoms with E-state index in [9.17, 15) is 9.59 Å². The van der Waals surface area contributed by atoms with Gasteiger partial charge in [0.1, 0.15) is 5.75 Å². The minimum absolute atomic E-state index is 0.0353. The molecule has 0 saturated carbocycles. The Balaban J connectivity index is 1.91. The molecule has 0 radical (unpaired) electrons. The lowest BCUT2D eigenvalue weighted by molar-refractivity contribution is -0.143. The third-order valence-electron chi connectivity index (χ3n) is 4.64. The Morgan fingerprint density at radius 2 is 1.96 bits per heavy atom. The Bertz CT molecular complexity index is 583. The highest BCUT2D eigenvalue weighted by atomic mass is 16.5. The molecule has 25 heavy (non-hydrogen) atoms. The highest BCUT2D eigenvalue weighted by Gasteiger charge is 2.26. The number of piperidine rings is 1. The van der Waals surface area contributed by atoms with E-state index in [1.165, 1.54) is 0 Å². The van der Waals surface area contributed by atoms with Crippen molar-refractivity contribution in [3.8, 4) is 5.75 Å². The zero-order valence-electron chi connectivity index (χ0n) is 15.0. The fraction of sp³-hybridized carbons (Fsp3) is 0.579. The smallest absolute Gasteiger partial charge is 0.306 e. The summed E-state index contributed by atoms with van der Waals surface area (Å²) >= 11 is 0. The maximum absolute atomic E-state index is 12.4. The van der Waals surface area contributed by atoms with Crippen molar-refractivity contribution in [2.45, 2.75) is 39.2 Å². The first-order valence-electron chi connectivity index (χ1n) is 9.01. The normalized spacial score (nSPS) is 17.0. The van der Waals surface area contributed by atoms with Crippen LogP contribution in [0.3, 0.4) is 0 Å². The van der Waals surface area contributed by atoms with Crippen LogP contribution in [0.25, 0.3) is 0 Å². The first-order chi connectivity index (χ1) is 12.0. The van der Waals surface area contributed by atoms with Gasteiger partial charge in [0, 0.05) is 5.56 Å². The predicted molar refractivity (Wildman–Crippen MR) is 95.6 cm³/mol. The van der Waals surface area contributed by atoms with Gasteiger partial charge in [-0.25, -0.2) is 0 Å². The molecule has 1 heterocycles. The van der Waals surface area contributed by atoms with Crippen LogP contribution in [0.2, 0.25) is 0 Å². The lowest BCUT2D eigenvalue weighted by atomic mass is 9.97. The molecule has 2 N–H and O–H groups in total. The van der Waals surface area contributed by atoms with Crippen molar-refractivity contribution in [1.29, 1.82) is 0 Å². The first kappa shape index (κ1) is 19.2. The number of carboxylic acids is 1. The molecule has 1 saturated heterocycles. The number of likely N-dealkylation sites (tertiary alicyclic amines) is 1. The molecule has 1 aromatic rings. The third kappa shape index (κ3) is 5.46. The topological polar surface area (TPSA) is 78.9 Å². The number of carbonyl (C=O) groups excluding carboxylic acids is 1. The van der Waals surface area contributed by atoms with Crippen molar-refractivity contribution in [1.82, 2.24) is 10.2 Å². The second-order valence-electron chi connectivity index (χ2n) is 6.39. The monoisotopic (exact) mass is 348 g/mol. The number of para-hydroxylation sites is 1. The molecule has 1 aliphatic rings. The summed E-state index contributed by atoms with van der Waals surface area (Å²) in [5, 5.41) is 12.1. The van der Waals surface area contributed by atoms with Gasteiger partial charge in [0.05, 0.1) is 25.1 Å². The molecular weight excluding hydrogens is 320 g/mol. The Hall–Kier alpha value is -2.08. The van der Waals surface area contributed by atoms with Crippen molar-refractivity contribution in [3.63, 3.8) is 0 Å². The van der Waals surface area contributed by atoms with Gasteiger partial charge in [-0.15, -0.1) is 0 Å². The molecule has 2 rings (SSSR count). The maximum atomic E-state index is 12.4. The highest BCUT2D eigenvalue weighted by molar-refractivity contribution is 5.78. The molecule has 0 bridgehead atoms. The Morgan fingerprint density at radius 1 is 1.28 bits per heavy atom. The fourth-order valence-corrected chi connectivity index (χ4v) is 3.24. The number of carbonyl (C=O) groups is 2. The first-order valence-corrected chi connectivity index (χ1v) is 9.01. The van der Waals surface area contributed by atoms with E-state index in [4.69, 9.17) is 9.84 Å². The average molecular weight is 348 g/mol. The Kier molecular flexibility index (Phi) is 7.25. The van der Waals surface area contributed by atoms with Gasteiger partial charge in [-0.2, -0.15) is 0 Å². The number of nitrogens with one attached hydrogen (secondary N) is 1. The number of benzene rings is 1. The van der Waals surface area contributed by atoms with Crippen LogP contribution in [0, 0.1) is 5.92 Å². The number of hydrogen-bond acceptors (Lipinski definition) is 4. The van der Waals surface area contributed by atoms with E-state index < -0.39 is 5.97 Å². The SMILES string of the molecule is CCOc1ccccc1C(CC)NC(=O)CN1CCC(C(=O)O)CC1. The molecule has 1 aliphatic heterocycles. The molecular formula is C19H28N2O4. The molecule has 0 aromatic heterocycles. The van der Waals surface area contributed by atoms with Crippen LogP contribution < -0.4 is 10.1 Å². The van der Waals surface area contributed by atoms with Crippen molar-refractivity contribution in [2.24, 2.45) is 5.92 Å². The lowest BCUT2D eigenvalue weighted by Crippen LogP contribution is -2.43. The molecule has 1 unspecified atom stereocenters. The minimum Gasteiger partial charge on any atom is -0.494 e. The van der Waals surface area contributed by atoms with Crippen LogP contribution in [-0.4, -0.2) is 48.1 Å². The van der Waals surface area contributed by atoms with Crippen LogP contribution in [-0.2, 0) is 9.59 Å². The summed E-state index contributed by atoms with van der Waals surface area (Å²) in [5.74, 6) is -0.241. The Morgan fingerprint density at radius 3 is 2.56 bits per heavy atom. The van der Waals surface area contributed by atoms with Crippen molar-refractivity contribution in [3.05, 3.63) is 29.8 Å². The minimum atomic E-state index is -0.734. The summed E-state index contributed by atoms with van der Waals surface area (Å²) in [6, 6.07) is 7.69. The average Bonchev–Trinajstić information content (AvgIpc) is 2.61. The van der Waals surface area contributed by atoms with Gasteiger partial charge < -0.3 is 15.2 Å². The molecule has 138 valence electrons. The molecule has 0 aliphatic carbocycles. The second-order valence-corrected chi connectivity index (χ2v) is 6.39. The summed E-state index contributed by atoms with van der Waals surface area (Å²) < 4.78 is 5.67. The van der Waals surface area contributed by atoms with Gasteiger partial charge in [-0.05, 0) is 45.3 Å². The van der Waals surface area contributed by atoms with E-state index in [0.717, 1.165) is 17.7 Å². The number of aliphatic carboxylic acids is 1. The zero-order valence-corrected chi connectivity index (χ0v) is 15.0. The number of hydrogen-bond donors (Lipinski definition) is 2. The van der Waals surface area contributed by atoms with E-state index in [1.807, 2.05) is 43.0 Å². The van der Waals surface area contributed by atoms with E-state index in [0.29, 0.717) is 39.1 Å². The van der Waals surface area contributed by atoms with Gasteiger partial charge in [-0.1, -0.05) is 25.1 Å². The van der Waals surface area contributed by atoms with E-state index in [2.05, 4.69) is 5.32 Å². The number of ether oxygens (including phenoxy) is 1. The number of nitrogens with zero attached hydrogens (tertiary/aromatic N) is 1. The molecule has 0 spiro atoms. The van der Waals surface area contributed by atoms with Gasteiger partial charge >= 0.3 is 5.97 Å². The molecule has 6 nitrogen and oxygen atoms in total. The van der Waals surface area contributed by atoms with Gasteiger partial charge in [0.25, 0.3) is 0 Å². The summed E-state index contributed by atoms with van der Waals surface area (Å²) in [5.41, 5.74) is 0.991. The third-order valence-corrected chi connectivity index (χ3v) is 4.64. The number of amides is 1. The van der Waals surface area contributed by atoms with Crippen LogP contribution in [0.4, 0.5) is 0 Å². The molecule has 1 amide bonds. The largest absolute Gasteiger partial charge is 0.494 e. The van der Waals surface area contributed by atoms with Gasteiger partial charge in [-0.3, -0.25) is 14.5 Å². The van der Waals surface area contributed by atoms with Crippen molar-refractivity contribution < 1.29 is 19.4 Å². The van der Waals surface area contributed by atoms with Crippen LogP contribution >= 0.6 is 0 Å². The van der Waals surface area contributed by atoms with E-state index in [-0.39, 0.29) is 17.9 Å².